The van der Waals surface area contributed by atoms with E-state index in [0.717, 1.165) is 6.42 Å². The number of carbonyl (C=O) groups excluding carboxylic acids is 1. The van der Waals surface area contributed by atoms with Gasteiger partial charge in [0, 0.05) is 11.6 Å². The molecule has 0 saturated carbocycles. The molecular formula is C9H12N2O2. The second-order valence-electron chi connectivity index (χ2n) is 3.02. The fraction of sp³-hybridized carbons (Fsp3) is 0.556. The van der Waals surface area contributed by atoms with Gasteiger partial charge in [-0.2, -0.15) is 5.26 Å². The van der Waals surface area contributed by atoms with Crippen molar-refractivity contribution >= 4 is 6.09 Å². The van der Waals surface area contributed by atoms with E-state index in [2.05, 4.69) is 4.74 Å². The van der Waals surface area contributed by atoms with Crippen molar-refractivity contribution < 1.29 is 9.53 Å². The Morgan fingerprint density at radius 2 is 2.54 bits per heavy atom. The van der Waals surface area contributed by atoms with Crippen LogP contribution in [0.2, 0.25) is 0 Å². The number of methoxy groups -OCH3 is 1. The van der Waals surface area contributed by atoms with Gasteiger partial charge in [-0.1, -0.05) is 6.08 Å². The minimum Gasteiger partial charge on any atom is -0.453 e. The number of rotatable bonds is 0. The Labute approximate surface area is 77.4 Å². The normalized spacial score (nSPS) is 21.8. The average molecular weight is 180 g/mol. The number of nitrogens with zero attached hydrogens (tertiary/aromatic N) is 2. The lowest BCUT2D eigenvalue weighted by Gasteiger charge is -2.30. The smallest absolute Gasteiger partial charge is 0.410 e. The maximum Gasteiger partial charge on any atom is 0.410 e. The molecule has 1 amide bonds. The van der Waals surface area contributed by atoms with E-state index in [1.807, 2.05) is 19.1 Å². The third kappa shape index (κ3) is 2.00. The van der Waals surface area contributed by atoms with Gasteiger partial charge in [-0.05, 0) is 13.3 Å². The molecule has 4 nitrogen and oxygen atoms in total. The van der Waals surface area contributed by atoms with E-state index in [1.165, 1.54) is 7.11 Å². The first kappa shape index (κ1) is 9.59. The van der Waals surface area contributed by atoms with E-state index in [4.69, 9.17) is 5.26 Å². The summed E-state index contributed by atoms with van der Waals surface area (Å²) in [6, 6.07) is 2.16. The van der Waals surface area contributed by atoms with Gasteiger partial charge >= 0.3 is 6.09 Å². The molecule has 0 unspecified atom stereocenters. The molecule has 1 rings (SSSR count). The van der Waals surface area contributed by atoms with Crippen molar-refractivity contribution in [2.24, 2.45) is 0 Å². The zero-order valence-electron chi connectivity index (χ0n) is 7.78. The molecule has 0 bridgehead atoms. The van der Waals surface area contributed by atoms with Crippen molar-refractivity contribution in [3.63, 3.8) is 0 Å². The Hall–Kier alpha value is -1.50. The number of hydrogen-bond acceptors (Lipinski definition) is 3. The minimum atomic E-state index is -0.367. The van der Waals surface area contributed by atoms with Crippen molar-refractivity contribution in [3.05, 3.63) is 11.6 Å². The Morgan fingerprint density at radius 1 is 1.85 bits per heavy atom. The van der Waals surface area contributed by atoms with Crippen LogP contribution in [0.4, 0.5) is 4.79 Å². The quantitative estimate of drug-likeness (QED) is 0.564. The molecule has 13 heavy (non-hydrogen) atoms. The van der Waals surface area contributed by atoms with Crippen LogP contribution in [0.1, 0.15) is 13.3 Å². The number of nitriles is 1. The van der Waals surface area contributed by atoms with Gasteiger partial charge in [0.05, 0.1) is 19.7 Å². The molecule has 4 heteroatoms. The fourth-order valence-electron chi connectivity index (χ4n) is 1.29. The summed E-state index contributed by atoms with van der Waals surface area (Å²) in [5.41, 5.74) is 0.628. The maximum absolute atomic E-state index is 11.2. The summed E-state index contributed by atoms with van der Waals surface area (Å²) >= 11 is 0. The Balaban J connectivity index is 2.73. The summed E-state index contributed by atoms with van der Waals surface area (Å²) in [5.74, 6) is 0. The van der Waals surface area contributed by atoms with Gasteiger partial charge in [0.2, 0.25) is 0 Å². The highest BCUT2D eigenvalue weighted by atomic mass is 16.5. The monoisotopic (exact) mass is 180 g/mol. The summed E-state index contributed by atoms with van der Waals surface area (Å²) < 4.78 is 4.60. The van der Waals surface area contributed by atoms with Crippen LogP contribution in [0.5, 0.6) is 0 Å². The van der Waals surface area contributed by atoms with Gasteiger partial charge in [0.1, 0.15) is 0 Å². The maximum atomic E-state index is 11.2. The lowest BCUT2D eigenvalue weighted by molar-refractivity contribution is 0.111. The average Bonchev–Trinajstić information content (AvgIpc) is 2.17. The lowest BCUT2D eigenvalue weighted by atomic mass is 10.1. The van der Waals surface area contributed by atoms with Crippen molar-refractivity contribution in [2.45, 2.75) is 19.4 Å². The van der Waals surface area contributed by atoms with Crippen molar-refractivity contribution in [1.82, 2.24) is 4.90 Å². The number of ether oxygens (including phenoxy) is 1. The van der Waals surface area contributed by atoms with E-state index in [0.29, 0.717) is 12.1 Å². The molecule has 0 spiro atoms. The minimum absolute atomic E-state index is 0.115. The largest absolute Gasteiger partial charge is 0.453 e. The standard InChI is InChI=1S/C9H12N2O2/c1-7-3-4-8(5-10)6-11(7)9(12)13-2/h4,7H,3,6H2,1-2H3/t7-/m1/s1. The highest BCUT2D eigenvalue weighted by Gasteiger charge is 2.24. The van der Waals surface area contributed by atoms with Gasteiger partial charge < -0.3 is 9.64 Å². The van der Waals surface area contributed by atoms with Crippen molar-refractivity contribution in [2.75, 3.05) is 13.7 Å². The topological polar surface area (TPSA) is 53.3 Å². The summed E-state index contributed by atoms with van der Waals surface area (Å²) in [6.45, 7) is 2.30. The molecule has 0 aromatic carbocycles. The van der Waals surface area contributed by atoms with E-state index < -0.39 is 0 Å². The molecule has 0 aliphatic carbocycles. The van der Waals surface area contributed by atoms with Crippen LogP contribution in [0.25, 0.3) is 0 Å². The van der Waals surface area contributed by atoms with E-state index in [1.54, 1.807) is 4.90 Å². The Morgan fingerprint density at radius 3 is 3.08 bits per heavy atom. The van der Waals surface area contributed by atoms with Gasteiger partial charge in [-0.3, -0.25) is 0 Å². The molecule has 0 aromatic heterocycles. The first-order chi connectivity index (χ1) is 6.19. The molecule has 1 aliphatic heterocycles. The first-order valence-electron chi connectivity index (χ1n) is 4.12. The Kier molecular flexibility index (Phi) is 2.91. The van der Waals surface area contributed by atoms with Crippen LogP contribution in [-0.2, 0) is 4.74 Å². The SMILES string of the molecule is COC(=O)N1CC(C#N)=CC[C@H]1C. The highest BCUT2D eigenvalue weighted by Crippen LogP contribution is 2.16. The van der Waals surface area contributed by atoms with Crippen LogP contribution in [0.3, 0.4) is 0 Å². The van der Waals surface area contributed by atoms with Crippen LogP contribution >= 0.6 is 0 Å². The van der Waals surface area contributed by atoms with Gasteiger partial charge in [0.25, 0.3) is 0 Å². The third-order valence-electron chi connectivity index (χ3n) is 2.13. The second kappa shape index (κ2) is 3.94. The number of hydrogen-bond donors (Lipinski definition) is 0. The van der Waals surface area contributed by atoms with Crippen LogP contribution in [0.15, 0.2) is 11.6 Å². The molecule has 1 aliphatic rings. The molecule has 1 heterocycles. The van der Waals surface area contributed by atoms with Crippen LogP contribution in [0, 0.1) is 11.3 Å². The zero-order valence-corrected chi connectivity index (χ0v) is 7.78. The lowest BCUT2D eigenvalue weighted by Crippen LogP contribution is -2.41. The summed E-state index contributed by atoms with van der Waals surface area (Å²) in [6.07, 6.45) is 2.22. The van der Waals surface area contributed by atoms with Crippen molar-refractivity contribution in [3.8, 4) is 6.07 Å². The first-order valence-corrected chi connectivity index (χ1v) is 4.12. The second-order valence-corrected chi connectivity index (χ2v) is 3.02. The van der Waals surface area contributed by atoms with Gasteiger partial charge in [0.15, 0.2) is 0 Å². The molecule has 0 fully saturated rings. The van der Waals surface area contributed by atoms with E-state index in [-0.39, 0.29) is 12.1 Å². The number of amides is 1. The van der Waals surface area contributed by atoms with E-state index >= 15 is 0 Å². The molecule has 0 aromatic rings. The Bertz CT molecular complexity index is 278. The van der Waals surface area contributed by atoms with Gasteiger partial charge in [-0.15, -0.1) is 0 Å². The van der Waals surface area contributed by atoms with Crippen molar-refractivity contribution in [1.29, 1.82) is 5.26 Å². The van der Waals surface area contributed by atoms with E-state index in [9.17, 15) is 4.79 Å². The molecule has 70 valence electrons. The van der Waals surface area contributed by atoms with Crippen LogP contribution in [-0.4, -0.2) is 30.7 Å². The number of carbonyl (C=O) groups is 1. The fourth-order valence-corrected chi connectivity index (χ4v) is 1.29. The molecule has 0 radical (unpaired) electrons. The third-order valence-corrected chi connectivity index (χ3v) is 2.13. The predicted molar refractivity (Wildman–Crippen MR) is 46.9 cm³/mol. The summed E-state index contributed by atoms with van der Waals surface area (Å²) in [4.78, 5) is 12.8. The predicted octanol–water partition coefficient (Wildman–Crippen LogP) is 1.30. The summed E-state index contributed by atoms with van der Waals surface area (Å²) in [5, 5.41) is 8.65. The summed E-state index contributed by atoms with van der Waals surface area (Å²) in [7, 11) is 1.35. The molecule has 0 N–H and O–H groups in total. The molecule has 1 atom stereocenters. The highest BCUT2D eigenvalue weighted by molar-refractivity contribution is 5.68. The van der Waals surface area contributed by atoms with Crippen LogP contribution < -0.4 is 0 Å². The molecular weight excluding hydrogens is 168 g/mol. The zero-order chi connectivity index (χ0) is 9.84. The van der Waals surface area contributed by atoms with Gasteiger partial charge in [-0.25, -0.2) is 4.79 Å². The molecule has 0 saturated heterocycles.